The molecule has 7 heteroatoms. The van der Waals surface area contributed by atoms with Gasteiger partial charge in [-0.15, -0.1) is 0 Å². The van der Waals surface area contributed by atoms with E-state index in [0.717, 1.165) is 27.7 Å². The van der Waals surface area contributed by atoms with Gasteiger partial charge in [0.2, 0.25) is 5.91 Å². The molecule has 1 atom stereocenters. The summed E-state index contributed by atoms with van der Waals surface area (Å²) in [6.45, 7) is 5.57. The van der Waals surface area contributed by atoms with Crippen molar-refractivity contribution in [1.82, 2.24) is 10.2 Å². The molecule has 1 aliphatic heterocycles. The summed E-state index contributed by atoms with van der Waals surface area (Å²) < 4.78 is 6.09. The standard InChI is InChI=1S/C27H27N3O4/c1-4-18(3)34-24-14-11-19-7-5-6-8-21(19)22(24)15-23-26(32)30(27(33)29-23)16-25(31)28-20-12-9-17(2)10-13-20/h5-15,18H,4,16H2,1-3H3,(H,28,31)(H,29,33)/b23-15+/t18-/m0/s1. The maximum atomic E-state index is 13.0. The second kappa shape index (κ2) is 9.79. The molecule has 0 bridgehead atoms. The van der Waals surface area contributed by atoms with Crippen LogP contribution in [0.1, 0.15) is 31.4 Å². The van der Waals surface area contributed by atoms with Gasteiger partial charge >= 0.3 is 6.03 Å². The van der Waals surface area contributed by atoms with Gasteiger partial charge < -0.3 is 15.4 Å². The molecule has 4 amide bonds. The number of ether oxygens (including phenoxy) is 1. The lowest BCUT2D eigenvalue weighted by atomic mass is 10.0. The first-order valence-electron chi connectivity index (χ1n) is 11.2. The Kier molecular flexibility index (Phi) is 6.63. The lowest BCUT2D eigenvalue weighted by Crippen LogP contribution is -2.38. The second-order valence-corrected chi connectivity index (χ2v) is 8.33. The number of benzene rings is 3. The van der Waals surface area contributed by atoms with E-state index in [0.29, 0.717) is 17.0 Å². The number of anilines is 1. The van der Waals surface area contributed by atoms with Gasteiger partial charge in [-0.25, -0.2) is 9.69 Å². The van der Waals surface area contributed by atoms with Gasteiger partial charge in [0.1, 0.15) is 18.0 Å². The van der Waals surface area contributed by atoms with Crippen molar-refractivity contribution in [1.29, 1.82) is 0 Å². The van der Waals surface area contributed by atoms with Crippen molar-refractivity contribution < 1.29 is 19.1 Å². The van der Waals surface area contributed by atoms with E-state index in [4.69, 9.17) is 4.74 Å². The molecule has 3 aromatic rings. The highest BCUT2D eigenvalue weighted by atomic mass is 16.5. The van der Waals surface area contributed by atoms with Crippen LogP contribution in [0.3, 0.4) is 0 Å². The Hall–Kier alpha value is -4.13. The molecule has 1 heterocycles. The molecular formula is C27H27N3O4. The van der Waals surface area contributed by atoms with Crippen molar-refractivity contribution in [2.45, 2.75) is 33.3 Å². The minimum atomic E-state index is -0.639. The van der Waals surface area contributed by atoms with Crippen molar-refractivity contribution in [3.63, 3.8) is 0 Å². The lowest BCUT2D eigenvalue weighted by Gasteiger charge is -2.17. The molecule has 2 N–H and O–H groups in total. The van der Waals surface area contributed by atoms with Crippen LogP contribution in [0, 0.1) is 6.92 Å². The number of rotatable bonds is 7. The molecule has 0 unspecified atom stereocenters. The highest BCUT2D eigenvalue weighted by molar-refractivity contribution is 6.16. The number of nitrogens with zero attached hydrogens (tertiary/aromatic N) is 1. The Morgan fingerprint density at radius 1 is 1.09 bits per heavy atom. The fraction of sp³-hybridized carbons (Fsp3) is 0.222. The summed E-state index contributed by atoms with van der Waals surface area (Å²) in [6.07, 6.45) is 2.43. The van der Waals surface area contributed by atoms with E-state index in [2.05, 4.69) is 10.6 Å². The average molecular weight is 458 g/mol. The van der Waals surface area contributed by atoms with Crippen molar-refractivity contribution in [3.8, 4) is 5.75 Å². The van der Waals surface area contributed by atoms with Gasteiger partial charge in [0, 0.05) is 11.3 Å². The minimum Gasteiger partial charge on any atom is -0.490 e. The highest BCUT2D eigenvalue weighted by Gasteiger charge is 2.35. The van der Waals surface area contributed by atoms with Crippen LogP contribution in [0.25, 0.3) is 16.8 Å². The molecule has 3 aromatic carbocycles. The van der Waals surface area contributed by atoms with Gasteiger partial charge in [-0.3, -0.25) is 9.59 Å². The molecule has 1 saturated heterocycles. The predicted molar refractivity (Wildman–Crippen MR) is 132 cm³/mol. The van der Waals surface area contributed by atoms with Crippen molar-refractivity contribution in [3.05, 3.63) is 77.5 Å². The van der Waals surface area contributed by atoms with Crippen LogP contribution < -0.4 is 15.4 Å². The van der Waals surface area contributed by atoms with Crippen LogP contribution >= 0.6 is 0 Å². The summed E-state index contributed by atoms with van der Waals surface area (Å²) in [6, 6.07) is 18.2. The zero-order valence-corrected chi connectivity index (χ0v) is 19.4. The maximum Gasteiger partial charge on any atom is 0.329 e. The number of amides is 4. The van der Waals surface area contributed by atoms with E-state index in [1.807, 2.05) is 69.3 Å². The number of hydrogen-bond acceptors (Lipinski definition) is 4. The molecule has 0 radical (unpaired) electrons. The third kappa shape index (κ3) is 4.93. The van der Waals surface area contributed by atoms with E-state index in [9.17, 15) is 14.4 Å². The van der Waals surface area contributed by atoms with Crippen molar-refractivity contribution in [2.75, 3.05) is 11.9 Å². The maximum absolute atomic E-state index is 13.0. The van der Waals surface area contributed by atoms with Crippen LogP contribution in [-0.4, -0.2) is 35.4 Å². The molecular weight excluding hydrogens is 430 g/mol. The van der Waals surface area contributed by atoms with E-state index in [-0.39, 0.29) is 18.3 Å². The molecule has 0 spiro atoms. The first kappa shape index (κ1) is 23.0. The lowest BCUT2D eigenvalue weighted by molar-refractivity contribution is -0.127. The summed E-state index contributed by atoms with van der Waals surface area (Å²) >= 11 is 0. The van der Waals surface area contributed by atoms with Gasteiger partial charge in [-0.05, 0) is 55.3 Å². The van der Waals surface area contributed by atoms with E-state index in [1.54, 1.807) is 18.2 Å². The Morgan fingerprint density at radius 3 is 2.56 bits per heavy atom. The van der Waals surface area contributed by atoms with Gasteiger partial charge in [0.15, 0.2) is 0 Å². The van der Waals surface area contributed by atoms with Crippen molar-refractivity contribution in [2.24, 2.45) is 0 Å². The van der Waals surface area contributed by atoms with Crippen LogP contribution in [0.5, 0.6) is 5.75 Å². The molecule has 4 rings (SSSR count). The summed E-state index contributed by atoms with van der Waals surface area (Å²) in [5.41, 5.74) is 2.46. The Balaban J connectivity index is 1.60. The van der Waals surface area contributed by atoms with Gasteiger partial charge in [0.25, 0.3) is 5.91 Å². The third-order valence-electron chi connectivity index (χ3n) is 5.72. The molecule has 7 nitrogen and oxygen atoms in total. The Labute approximate surface area is 198 Å². The fourth-order valence-electron chi connectivity index (χ4n) is 3.67. The topological polar surface area (TPSA) is 87.7 Å². The summed E-state index contributed by atoms with van der Waals surface area (Å²) in [5.74, 6) is -0.399. The number of urea groups is 1. The number of aryl methyl sites for hydroxylation is 1. The van der Waals surface area contributed by atoms with E-state index < -0.39 is 17.8 Å². The third-order valence-corrected chi connectivity index (χ3v) is 5.72. The molecule has 0 saturated carbocycles. The van der Waals surface area contributed by atoms with Crippen molar-refractivity contribution >= 4 is 40.4 Å². The first-order chi connectivity index (χ1) is 16.4. The minimum absolute atomic E-state index is 0.0193. The number of nitrogens with one attached hydrogen (secondary N) is 2. The smallest absolute Gasteiger partial charge is 0.329 e. The Bertz CT molecular complexity index is 1280. The average Bonchev–Trinajstić information content (AvgIpc) is 3.09. The molecule has 34 heavy (non-hydrogen) atoms. The zero-order valence-electron chi connectivity index (χ0n) is 19.4. The number of fused-ring (bicyclic) bond motifs is 1. The second-order valence-electron chi connectivity index (χ2n) is 8.33. The number of carbonyl (C=O) groups excluding carboxylic acids is 3. The predicted octanol–water partition coefficient (Wildman–Crippen LogP) is 4.86. The van der Waals surface area contributed by atoms with Crippen LogP contribution in [0.15, 0.2) is 66.4 Å². The quantitative estimate of drug-likeness (QED) is 0.392. The number of imide groups is 1. The van der Waals surface area contributed by atoms with Crippen LogP contribution in [0.4, 0.5) is 10.5 Å². The molecule has 1 fully saturated rings. The molecule has 0 aromatic heterocycles. The van der Waals surface area contributed by atoms with E-state index >= 15 is 0 Å². The highest BCUT2D eigenvalue weighted by Crippen LogP contribution is 2.32. The normalized spacial score (nSPS) is 15.5. The Morgan fingerprint density at radius 2 is 1.82 bits per heavy atom. The van der Waals surface area contributed by atoms with Gasteiger partial charge in [-0.2, -0.15) is 0 Å². The van der Waals surface area contributed by atoms with Gasteiger partial charge in [0.05, 0.1) is 6.10 Å². The summed E-state index contributed by atoms with van der Waals surface area (Å²) in [5, 5.41) is 7.19. The fourth-order valence-corrected chi connectivity index (χ4v) is 3.67. The zero-order chi connectivity index (χ0) is 24.2. The van der Waals surface area contributed by atoms with E-state index in [1.165, 1.54) is 0 Å². The molecule has 0 aliphatic carbocycles. The molecule has 174 valence electrons. The van der Waals surface area contributed by atoms with Gasteiger partial charge in [-0.1, -0.05) is 55.0 Å². The monoisotopic (exact) mass is 457 g/mol. The SMILES string of the molecule is CC[C@H](C)Oc1ccc2ccccc2c1/C=C1/NC(=O)N(CC(=O)Nc2ccc(C)cc2)C1=O. The largest absolute Gasteiger partial charge is 0.490 e. The number of carbonyl (C=O) groups is 3. The molecule has 1 aliphatic rings. The summed E-state index contributed by atoms with van der Waals surface area (Å²) in [4.78, 5) is 38.9. The summed E-state index contributed by atoms with van der Waals surface area (Å²) in [7, 11) is 0. The number of hydrogen-bond donors (Lipinski definition) is 2. The van der Waals surface area contributed by atoms with Crippen LogP contribution in [0.2, 0.25) is 0 Å². The van der Waals surface area contributed by atoms with Crippen LogP contribution in [-0.2, 0) is 9.59 Å². The first-order valence-corrected chi connectivity index (χ1v) is 11.2.